The van der Waals surface area contributed by atoms with Gasteiger partial charge in [0.2, 0.25) is 5.91 Å². The number of carbonyl (C=O) groups excluding carboxylic acids is 2. The molecule has 236 valence electrons. The van der Waals surface area contributed by atoms with E-state index in [-0.39, 0.29) is 52.1 Å². The largest absolute Gasteiger partial charge is 0.480 e. The summed E-state index contributed by atoms with van der Waals surface area (Å²) in [6.07, 6.45) is 12.9. The number of ether oxygens (including phenoxy) is 1. The highest BCUT2D eigenvalue weighted by molar-refractivity contribution is 5.87. The van der Waals surface area contributed by atoms with Crippen molar-refractivity contribution in [1.29, 1.82) is 0 Å². The minimum Gasteiger partial charge on any atom is -0.480 e. The topological polar surface area (TPSA) is 92.7 Å². The van der Waals surface area contributed by atoms with E-state index < -0.39 is 11.4 Å². The Morgan fingerprint density at radius 1 is 0.952 bits per heavy atom. The summed E-state index contributed by atoms with van der Waals surface area (Å²) in [4.78, 5) is 37.8. The van der Waals surface area contributed by atoms with Gasteiger partial charge < -0.3 is 15.2 Å². The van der Waals surface area contributed by atoms with E-state index in [0.717, 1.165) is 64.2 Å². The molecule has 2 N–H and O–H groups in total. The van der Waals surface area contributed by atoms with Crippen LogP contribution < -0.4 is 5.32 Å². The maximum Gasteiger partial charge on any atom is 0.322 e. The number of carboxylic acid groups (broad SMARTS) is 1. The van der Waals surface area contributed by atoms with E-state index in [9.17, 15) is 19.5 Å². The van der Waals surface area contributed by atoms with Gasteiger partial charge in [-0.3, -0.25) is 14.4 Å². The second kappa shape index (κ2) is 10.6. The minimum absolute atomic E-state index is 0.00500. The zero-order chi connectivity index (χ0) is 30.9. The molecule has 4 unspecified atom stereocenters. The number of carbonyl (C=O) groups is 3. The molecule has 5 rings (SSSR count). The standard InChI is InChI=1S/C36H57NO5/c1-9-10-29(40)42-27-15-16-33(6)25(32(27,4)5)14-17-35(8)26(33)12-11-24-30-23(3)22(2)13-18-36(30,20-19-34(24,35)7)31(41)37-21-28(38)39/h11,22-23,25-27,30H,9-10,12-21H2,1-8H3,(H,37,41)(H,38,39)/t22-,23+,25?,26?,27-,30?,33?,34-,35-,36+/m1/s1. The normalized spacial score (nSPS) is 45.7. The lowest BCUT2D eigenvalue weighted by Crippen LogP contribution is -2.66. The van der Waals surface area contributed by atoms with Crippen LogP contribution in [0.4, 0.5) is 0 Å². The van der Waals surface area contributed by atoms with Gasteiger partial charge in [-0.2, -0.15) is 0 Å². The zero-order valence-corrected chi connectivity index (χ0v) is 27.6. The van der Waals surface area contributed by atoms with Gasteiger partial charge in [0.1, 0.15) is 12.6 Å². The average molecular weight is 584 g/mol. The Labute approximate surface area is 254 Å². The van der Waals surface area contributed by atoms with Gasteiger partial charge in [0.15, 0.2) is 0 Å². The first-order valence-electron chi connectivity index (χ1n) is 17.0. The Balaban J connectivity index is 1.50. The van der Waals surface area contributed by atoms with E-state index in [1.54, 1.807) is 0 Å². The number of aliphatic carboxylic acids is 1. The van der Waals surface area contributed by atoms with Crippen molar-refractivity contribution in [3.63, 3.8) is 0 Å². The van der Waals surface area contributed by atoms with Crippen molar-refractivity contribution < 1.29 is 24.2 Å². The third-order valence-electron chi connectivity index (χ3n) is 14.5. The maximum atomic E-state index is 13.9. The highest BCUT2D eigenvalue weighted by Gasteiger charge is 2.69. The number of allylic oxidation sites excluding steroid dienone is 2. The molecule has 6 nitrogen and oxygen atoms in total. The molecule has 0 aromatic rings. The lowest BCUT2D eigenvalue weighted by molar-refractivity contribution is -0.213. The van der Waals surface area contributed by atoms with Crippen molar-refractivity contribution in [3.05, 3.63) is 11.6 Å². The molecule has 0 saturated heterocycles. The van der Waals surface area contributed by atoms with Crippen LogP contribution in [-0.4, -0.2) is 35.6 Å². The van der Waals surface area contributed by atoms with E-state index in [1.165, 1.54) is 5.57 Å². The van der Waals surface area contributed by atoms with Crippen molar-refractivity contribution in [3.8, 4) is 0 Å². The predicted molar refractivity (Wildman–Crippen MR) is 164 cm³/mol. The fourth-order valence-electron chi connectivity index (χ4n) is 11.8. The SMILES string of the molecule is CCCC(=O)O[C@@H]1CCC2(C)C(CC[C@]3(C)C2CC=C2C4[C@@H](C)[C@H](C)CC[C@]4(C(=O)NCC(=O)O)CC[C@]23C)C1(C)C. The van der Waals surface area contributed by atoms with Crippen molar-refractivity contribution in [1.82, 2.24) is 5.32 Å². The molecule has 4 fully saturated rings. The summed E-state index contributed by atoms with van der Waals surface area (Å²) in [6.45, 7) is 18.7. The number of carboxylic acids is 1. The molecule has 0 aliphatic heterocycles. The summed E-state index contributed by atoms with van der Waals surface area (Å²) in [5.74, 6) is 1.01. The highest BCUT2D eigenvalue weighted by atomic mass is 16.5. The quantitative estimate of drug-likeness (QED) is 0.249. The number of rotatable bonds is 6. The van der Waals surface area contributed by atoms with Gasteiger partial charge in [-0.25, -0.2) is 0 Å². The van der Waals surface area contributed by atoms with Crippen LogP contribution in [0.3, 0.4) is 0 Å². The first kappa shape index (κ1) is 31.6. The summed E-state index contributed by atoms with van der Waals surface area (Å²) < 4.78 is 6.13. The van der Waals surface area contributed by atoms with E-state index in [4.69, 9.17) is 4.74 Å². The molecule has 10 atom stereocenters. The molecule has 0 heterocycles. The lowest BCUT2D eigenvalue weighted by atomic mass is 9.33. The molecule has 42 heavy (non-hydrogen) atoms. The third-order valence-corrected chi connectivity index (χ3v) is 14.5. The number of amides is 1. The minimum atomic E-state index is -0.982. The lowest BCUT2D eigenvalue weighted by Gasteiger charge is -2.71. The summed E-state index contributed by atoms with van der Waals surface area (Å²) in [6, 6.07) is 0. The molecule has 5 aliphatic carbocycles. The summed E-state index contributed by atoms with van der Waals surface area (Å²) in [5, 5.41) is 12.2. The van der Waals surface area contributed by atoms with Gasteiger partial charge in [0.05, 0.1) is 5.41 Å². The van der Waals surface area contributed by atoms with Gasteiger partial charge in [0, 0.05) is 11.8 Å². The van der Waals surface area contributed by atoms with Crippen LogP contribution in [0.25, 0.3) is 0 Å². The number of hydrogen-bond donors (Lipinski definition) is 2. The highest BCUT2D eigenvalue weighted by Crippen LogP contribution is 2.75. The van der Waals surface area contributed by atoms with E-state index in [2.05, 4.69) is 59.9 Å². The number of hydrogen-bond acceptors (Lipinski definition) is 4. The van der Waals surface area contributed by atoms with Gasteiger partial charge >= 0.3 is 11.9 Å². The monoisotopic (exact) mass is 583 g/mol. The Bertz CT molecular complexity index is 1140. The van der Waals surface area contributed by atoms with Gasteiger partial charge in [-0.15, -0.1) is 0 Å². The van der Waals surface area contributed by atoms with Crippen molar-refractivity contribution >= 4 is 17.8 Å². The fraction of sp³-hybridized carbons (Fsp3) is 0.861. The third kappa shape index (κ3) is 4.42. The first-order valence-corrected chi connectivity index (χ1v) is 17.0. The Morgan fingerprint density at radius 3 is 2.33 bits per heavy atom. The molecule has 4 saturated carbocycles. The van der Waals surface area contributed by atoms with E-state index in [1.807, 2.05) is 6.92 Å². The van der Waals surface area contributed by atoms with Crippen LogP contribution in [0.5, 0.6) is 0 Å². The fourth-order valence-corrected chi connectivity index (χ4v) is 11.8. The van der Waals surface area contributed by atoms with Gasteiger partial charge in [-0.1, -0.05) is 67.0 Å². The molecule has 0 radical (unpaired) electrons. The Hall–Kier alpha value is -1.85. The molecule has 0 bridgehead atoms. The second-order valence-electron chi connectivity index (χ2n) is 16.5. The van der Waals surface area contributed by atoms with Crippen LogP contribution in [0.15, 0.2) is 11.6 Å². The summed E-state index contributed by atoms with van der Waals surface area (Å²) in [7, 11) is 0. The van der Waals surface area contributed by atoms with Crippen LogP contribution >= 0.6 is 0 Å². The second-order valence-corrected chi connectivity index (χ2v) is 16.5. The Morgan fingerprint density at radius 2 is 1.67 bits per heavy atom. The molecule has 0 spiro atoms. The summed E-state index contributed by atoms with van der Waals surface area (Å²) >= 11 is 0. The van der Waals surface area contributed by atoms with Gasteiger partial charge in [-0.05, 0) is 110 Å². The summed E-state index contributed by atoms with van der Waals surface area (Å²) in [5.41, 5.74) is 1.20. The molecule has 6 heteroatoms. The van der Waals surface area contributed by atoms with Crippen LogP contribution in [0.2, 0.25) is 0 Å². The molecule has 1 amide bonds. The average Bonchev–Trinajstić information content (AvgIpc) is 2.91. The maximum absolute atomic E-state index is 13.9. The first-order chi connectivity index (χ1) is 19.6. The van der Waals surface area contributed by atoms with Crippen LogP contribution in [0.1, 0.15) is 126 Å². The van der Waals surface area contributed by atoms with E-state index in [0.29, 0.717) is 30.1 Å². The smallest absolute Gasteiger partial charge is 0.322 e. The van der Waals surface area contributed by atoms with Crippen molar-refractivity contribution in [2.45, 2.75) is 132 Å². The van der Waals surface area contributed by atoms with Crippen LogP contribution in [0, 0.1) is 56.7 Å². The van der Waals surface area contributed by atoms with Crippen molar-refractivity contribution in [2.24, 2.45) is 56.7 Å². The van der Waals surface area contributed by atoms with E-state index >= 15 is 0 Å². The van der Waals surface area contributed by atoms with Gasteiger partial charge in [0.25, 0.3) is 0 Å². The van der Waals surface area contributed by atoms with Crippen molar-refractivity contribution in [2.75, 3.05) is 6.54 Å². The Kier molecular flexibility index (Phi) is 8.00. The molecular weight excluding hydrogens is 526 g/mol. The molecule has 5 aliphatic rings. The van der Waals surface area contributed by atoms with Crippen LogP contribution in [-0.2, 0) is 19.1 Å². The molecular formula is C36H57NO5. The number of nitrogens with one attached hydrogen (secondary N) is 1. The predicted octanol–water partition coefficient (Wildman–Crippen LogP) is 7.56. The number of fused-ring (bicyclic) bond motifs is 7. The zero-order valence-electron chi connectivity index (χ0n) is 27.6. The molecule has 0 aromatic carbocycles. The number of esters is 1. The molecule has 0 aromatic heterocycles.